The van der Waals surface area contributed by atoms with Crippen molar-refractivity contribution in [3.05, 3.63) is 119 Å². The normalized spacial score (nSPS) is 10.5. The van der Waals surface area contributed by atoms with Crippen molar-refractivity contribution in [1.29, 1.82) is 0 Å². The van der Waals surface area contributed by atoms with Crippen LogP contribution in [0.15, 0.2) is 78.9 Å². The predicted molar refractivity (Wildman–Crippen MR) is 119 cm³/mol. The van der Waals surface area contributed by atoms with Gasteiger partial charge in [0.1, 0.15) is 5.82 Å². The standard InChI is InChI=1S/C28H18F4/c1-2-19-14-21(11-10-20(19)9-8-18-6-4-3-5-7-18)22-12-13-24(25(29)15-22)23-16-26(30)28(32)27(31)17-23/h3-7,10-17H,2H2,1H3. The van der Waals surface area contributed by atoms with Gasteiger partial charge in [0.05, 0.1) is 0 Å². The molecule has 0 radical (unpaired) electrons. The van der Waals surface area contributed by atoms with Gasteiger partial charge in [0, 0.05) is 16.7 Å². The highest BCUT2D eigenvalue weighted by Gasteiger charge is 2.15. The van der Waals surface area contributed by atoms with Crippen LogP contribution in [-0.2, 0) is 6.42 Å². The van der Waals surface area contributed by atoms with E-state index in [-0.39, 0.29) is 11.1 Å². The fourth-order valence-corrected chi connectivity index (χ4v) is 3.49. The summed E-state index contributed by atoms with van der Waals surface area (Å²) in [5, 5.41) is 0. The van der Waals surface area contributed by atoms with Crippen LogP contribution >= 0.6 is 0 Å². The number of aryl methyl sites for hydroxylation is 1. The zero-order valence-electron chi connectivity index (χ0n) is 17.2. The molecular weight excluding hydrogens is 412 g/mol. The van der Waals surface area contributed by atoms with Crippen LogP contribution < -0.4 is 0 Å². The summed E-state index contributed by atoms with van der Waals surface area (Å²) >= 11 is 0. The maximum atomic E-state index is 14.8. The van der Waals surface area contributed by atoms with Crippen molar-refractivity contribution in [3.63, 3.8) is 0 Å². The lowest BCUT2D eigenvalue weighted by molar-refractivity contribution is 0.447. The first-order valence-electron chi connectivity index (χ1n) is 10.1. The van der Waals surface area contributed by atoms with Gasteiger partial charge in [-0.1, -0.05) is 55.2 Å². The van der Waals surface area contributed by atoms with E-state index in [2.05, 4.69) is 11.8 Å². The van der Waals surface area contributed by atoms with E-state index in [0.29, 0.717) is 5.56 Å². The summed E-state index contributed by atoms with van der Waals surface area (Å²) in [6.45, 7) is 2.02. The van der Waals surface area contributed by atoms with Gasteiger partial charge in [-0.05, 0) is 71.1 Å². The van der Waals surface area contributed by atoms with E-state index >= 15 is 0 Å². The summed E-state index contributed by atoms with van der Waals surface area (Å²) < 4.78 is 55.1. The first-order chi connectivity index (χ1) is 15.5. The molecule has 4 rings (SSSR count). The topological polar surface area (TPSA) is 0 Å². The van der Waals surface area contributed by atoms with Crippen molar-refractivity contribution in [2.45, 2.75) is 13.3 Å². The summed E-state index contributed by atoms with van der Waals surface area (Å²) in [6.07, 6.45) is 0.751. The van der Waals surface area contributed by atoms with Gasteiger partial charge in [0.15, 0.2) is 17.5 Å². The molecule has 32 heavy (non-hydrogen) atoms. The zero-order chi connectivity index (χ0) is 22.7. The van der Waals surface area contributed by atoms with Crippen molar-refractivity contribution in [2.24, 2.45) is 0 Å². The minimum atomic E-state index is -1.58. The molecule has 0 amide bonds. The largest absolute Gasteiger partial charge is 0.206 e. The van der Waals surface area contributed by atoms with Crippen LogP contribution in [0.5, 0.6) is 0 Å². The molecule has 4 aromatic rings. The number of hydrogen-bond donors (Lipinski definition) is 0. The van der Waals surface area contributed by atoms with Crippen LogP contribution in [0.2, 0.25) is 0 Å². The Morgan fingerprint density at radius 3 is 1.91 bits per heavy atom. The van der Waals surface area contributed by atoms with E-state index in [9.17, 15) is 17.6 Å². The van der Waals surface area contributed by atoms with Gasteiger partial charge >= 0.3 is 0 Å². The van der Waals surface area contributed by atoms with E-state index < -0.39 is 23.3 Å². The first kappa shape index (κ1) is 21.4. The quantitative estimate of drug-likeness (QED) is 0.179. The van der Waals surface area contributed by atoms with Gasteiger partial charge in [-0.3, -0.25) is 0 Å². The first-order valence-corrected chi connectivity index (χ1v) is 10.1. The number of benzene rings is 4. The van der Waals surface area contributed by atoms with E-state index in [1.54, 1.807) is 6.07 Å². The fraction of sp³-hybridized carbons (Fsp3) is 0.0714. The number of halogens is 4. The van der Waals surface area contributed by atoms with Gasteiger partial charge in [0.2, 0.25) is 0 Å². The van der Waals surface area contributed by atoms with Crippen LogP contribution in [0.25, 0.3) is 22.3 Å². The molecule has 0 aliphatic carbocycles. The highest BCUT2D eigenvalue weighted by atomic mass is 19.2. The van der Waals surface area contributed by atoms with E-state index in [4.69, 9.17) is 0 Å². The second-order valence-corrected chi connectivity index (χ2v) is 7.29. The molecule has 0 bridgehead atoms. The van der Waals surface area contributed by atoms with Crippen molar-refractivity contribution >= 4 is 0 Å². The molecule has 0 atom stereocenters. The summed E-state index contributed by atoms with van der Waals surface area (Å²) in [4.78, 5) is 0. The van der Waals surface area contributed by atoms with Crippen molar-refractivity contribution in [2.75, 3.05) is 0 Å². The van der Waals surface area contributed by atoms with E-state index in [1.165, 1.54) is 12.1 Å². The van der Waals surface area contributed by atoms with E-state index in [0.717, 1.165) is 40.8 Å². The van der Waals surface area contributed by atoms with Gasteiger partial charge < -0.3 is 0 Å². The molecule has 0 fully saturated rings. The third-order valence-electron chi connectivity index (χ3n) is 5.20. The van der Waals surface area contributed by atoms with Crippen LogP contribution in [-0.4, -0.2) is 0 Å². The van der Waals surface area contributed by atoms with Crippen LogP contribution in [0, 0.1) is 35.1 Å². The fourth-order valence-electron chi connectivity index (χ4n) is 3.49. The highest BCUT2D eigenvalue weighted by Crippen LogP contribution is 2.30. The Bertz CT molecular complexity index is 1320. The minimum absolute atomic E-state index is 0.00684. The third kappa shape index (κ3) is 4.43. The molecule has 0 N–H and O–H groups in total. The molecule has 0 aromatic heterocycles. The molecule has 0 spiro atoms. The van der Waals surface area contributed by atoms with Crippen LogP contribution in [0.1, 0.15) is 23.6 Å². The number of hydrogen-bond acceptors (Lipinski definition) is 0. The van der Waals surface area contributed by atoms with E-state index in [1.807, 2.05) is 55.5 Å². The molecule has 158 valence electrons. The summed E-state index contributed by atoms with van der Waals surface area (Å²) in [6, 6.07) is 21.4. The lowest BCUT2D eigenvalue weighted by Gasteiger charge is -2.10. The molecule has 0 unspecified atom stereocenters. The van der Waals surface area contributed by atoms with Crippen LogP contribution in [0.3, 0.4) is 0 Å². The second kappa shape index (κ2) is 9.11. The smallest absolute Gasteiger partial charge is 0.194 e. The van der Waals surface area contributed by atoms with Gasteiger partial charge in [-0.25, -0.2) is 17.6 Å². The van der Waals surface area contributed by atoms with Crippen molar-refractivity contribution in [1.82, 2.24) is 0 Å². The number of rotatable bonds is 3. The maximum Gasteiger partial charge on any atom is 0.194 e. The summed E-state index contributed by atoms with van der Waals surface area (Å²) in [5.41, 5.74) is 4.19. The van der Waals surface area contributed by atoms with Crippen molar-refractivity contribution in [3.8, 4) is 34.1 Å². The second-order valence-electron chi connectivity index (χ2n) is 7.29. The zero-order valence-corrected chi connectivity index (χ0v) is 17.2. The molecule has 0 heterocycles. The lowest BCUT2D eigenvalue weighted by atomic mass is 9.95. The Labute approximate surface area is 184 Å². The highest BCUT2D eigenvalue weighted by molar-refractivity contribution is 5.72. The molecule has 0 saturated heterocycles. The molecule has 0 aliphatic rings. The Balaban J connectivity index is 1.67. The Hall–Kier alpha value is -3.84. The average Bonchev–Trinajstić information content (AvgIpc) is 2.81. The monoisotopic (exact) mass is 430 g/mol. The van der Waals surface area contributed by atoms with Gasteiger partial charge in [0.25, 0.3) is 0 Å². The molecule has 4 aromatic carbocycles. The predicted octanol–water partition coefficient (Wildman–Crippen LogP) is 7.54. The van der Waals surface area contributed by atoms with Gasteiger partial charge in [-0.2, -0.15) is 0 Å². The summed E-state index contributed by atoms with van der Waals surface area (Å²) in [5.74, 6) is 1.39. The Morgan fingerprint density at radius 1 is 0.625 bits per heavy atom. The molecule has 4 heteroatoms. The maximum absolute atomic E-state index is 14.8. The van der Waals surface area contributed by atoms with Crippen LogP contribution in [0.4, 0.5) is 17.6 Å². The SMILES string of the molecule is CCc1cc(-c2ccc(-c3cc(F)c(F)c(F)c3)c(F)c2)ccc1C#Cc1ccccc1. The summed E-state index contributed by atoms with van der Waals surface area (Å²) in [7, 11) is 0. The molecule has 0 aliphatic heterocycles. The lowest BCUT2D eigenvalue weighted by Crippen LogP contribution is -1.94. The molecular formula is C28H18F4. The minimum Gasteiger partial charge on any atom is -0.206 e. The third-order valence-corrected chi connectivity index (χ3v) is 5.20. The van der Waals surface area contributed by atoms with Crippen molar-refractivity contribution < 1.29 is 17.6 Å². The molecule has 0 nitrogen and oxygen atoms in total. The average molecular weight is 430 g/mol. The molecule has 0 saturated carbocycles. The Morgan fingerprint density at radius 2 is 1.25 bits per heavy atom. The Kier molecular flexibility index (Phi) is 6.09. The van der Waals surface area contributed by atoms with Gasteiger partial charge in [-0.15, -0.1) is 0 Å².